The van der Waals surface area contributed by atoms with Crippen molar-refractivity contribution in [2.45, 2.75) is 12.7 Å². The summed E-state index contributed by atoms with van der Waals surface area (Å²) in [5, 5.41) is 0.178. The van der Waals surface area contributed by atoms with Crippen LogP contribution in [-0.2, 0) is 12.7 Å². The first-order valence-corrected chi connectivity index (χ1v) is 6.93. The number of carbonyl (C=O) groups is 1. The predicted molar refractivity (Wildman–Crippen MR) is 78.7 cm³/mol. The molecule has 0 aliphatic rings. The average molecular weight is 346 g/mol. The summed E-state index contributed by atoms with van der Waals surface area (Å²) in [4.78, 5) is 13.4. The molecule has 0 bridgehead atoms. The summed E-state index contributed by atoms with van der Waals surface area (Å²) in [6.45, 7) is -0.0919. The van der Waals surface area contributed by atoms with Gasteiger partial charge in [0.05, 0.1) is 5.56 Å². The molecule has 0 aromatic heterocycles. The molecule has 2 nitrogen and oxygen atoms in total. The molecule has 0 N–H and O–H groups in total. The molecule has 0 atom stereocenters. The minimum atomic E-state index is -4.46. The summed E-state index contributed by atoms with van der Waals surface area (Å²) in [5.74, 6) is -1.08. The molecule has 23 heavy (non-hydrogen) atoms. The van der Waals surface area contributed by atoms with E-state index < -0.39 is 23.5 Å². The Bertz CT molecular complexity index is 693. The maximum atomic E-state index is 13.7. The Morgan fingerprint density at radius 1 is 1.13 bits per heavy atom. The third kappa shape index (κ3) is 4.01. The van der Waals surface area contributed by atoms with Gasteiger partial charge in [0.2, 0.25) is 0 Å². The van der Waals surface area contributed by atoms with Crippen molar-refractivity contribution >= 4 is 17.5 Å². The number of hydrogen-bond acceptors (Lipinski definition) is 1. The summed E-state index contributed by atoms with van der Waals surface area (Å²) in [7, 11) is 1.42. The van der Waals surface area contributed by atoms with Crippen LogP contribution in [0.1, 0.15) is 21.5 Å². The summed E-state index contributed by atoms with van der Waals surface area (Å²) in [6.07, 6.45) is -4.46. The minimum Gasteiger partial charge on any atom is -0.337 e. The molecular weight excluding hydrogens is 334 g/mol. The highest BCUT2D eigenvalue weighted by Crippen LogP contribution is 2.29. The largest absolute Gasteiger partial charge is 0.416 e. The van der Waals surface area contributed by atoms with Crippen LogP contribution in [0, 0.1) is 5.82 Å². The molecule has 0 spiro atoms. The van der Waals surface area contributed by atoms with Crippen LogP contribution in [0.3, 0.4) is 0 Å². The van der Waals surface area contributed by atoms with Gasteiger partial charge >= 0.3 is 6.18 Å². The van der Waals surface area contributed by atoms with Gasteiger partial charge in [0.25, 0.3) is 5.91 Å². The first-order valence-electron chi connectivity index (χ1n) is 6.56. The van der Waals surface area contributed by atoms with Gasteiger partial charge in [-0.25, -0.2) is 4.39 Å². The lowest BCUT2D eigenvalue weighted by atomic mass is 10.1. The highest BCUT2D eigenvalue weighted by molar-refractivity contribution is 6.31. The Hall–Kier alpha value is -2.08. The molecule has 0 unspecified atom stereocenters. The van der Waals surface area contributed by atoms with Gasteiger partial charge in [-0.15, -0.1) is 0 Å². The number of rotatable bonds is 3. The molecule has 0 aliphatic carbocycles. The van der Waals surface area contributed by atoms with Crippen LogP contribution in [0.25, 0.3) is 0 Å². The molecule has 0 saturated carbocycles. The molecule has 0 heterocycles. The van der Waals surface area contributed by atoms with Crippen LogP contribution < -0.4 is 0 Å². The van der Waals surface area contributed by atoms with E-state index in [0.717, 1.165) is 24.3 Å². The quantitative estimate of drug-likeness (QED) is 0.734. The van der Waals surface area contributed by atoms with Crippen LogP contribution in [0.15, 0.2) is 42.5 Å². The van der Waals surface area contributed by atoms with Crippen molar-refractivity contribution in [3.8, 4) is 0 Å². The maximum Gasteiger partial charge on any atom is 0.416 e. The van der Waals surface area contributed by atoms with Gasteiger partial charge in [0.1, 0.15) is 5.82 Å². The maximum absolute atomic E-state index is 13.7. The van der Waals surface area contributed by atoms with Crippen LogP contribution in [0.4, 0.5) is 17.6 Å². The topological polar surface area (TPSA) is 20.3 Å². The van der Waals surface area contributed by atoms with Gasteiger partial charge in [-0.3, -0.25) is 4.79 Å². The molecule has 1 amide bonds. The second kappa shape index (κ2) is 6.58. The summed E-state index contributed by atoms with van der Waals surface area (Å²) in [6, 6.07) is 8.00. The van der Waals surface area contributed by atoms with Crippen LogP contribution in [0.2, 0.25) is 5.02 Å². The molecular formula is C16H12ClF4NO. The highest BCUT2D eigenvalue weighted by Gasteiger charge is 2.30. The van der Waals surface area contributed by atoms with Crippen molar-refractivity contribution < 1.29 is 22.4 Å². The lowest BCUT2D eigenvalue weighted by molar-refractivity contribution is -0.137. The zero-order valence-electron chi connectivity index (χ0n) is 12.0. The van der Waals surface area contributed by atoms with Gasteiger partial charge in [-0.05, 0) is 36.4 Å². The fraction of sp³-hybridized carbons (Fsp3) is 0.188. The number of alkyl halides is 3. The average Bonchev–Trinajstić information content (AvgIpc) is 2.49. The summed E-state index contributed by atoms with van der Waals surface area (Å²) in [5.41, 5.74) is -0.612. The fourth-order valence-electron chi connectivity index (χ4n) is 2.01. The second-order valence-electron chi connectivity index (χ2n) is 4.94. The zero-order chi connectivity index (χ0) is 17.2. The van der Waals surface area contributed by atoms with Crippen molar-refractivity contribution in [1.82, 2.24) is 4.90 Å². The summed E-state index contributed by atoms with van der Waals surface area (Å²) < 4.78 is 51.2. The molecule has 2 aromatic carbocycles. The monoisotopic (exact) mass is 345 g/mol. The summed E-state index contributed by atoms with van der Waals surface area (Å²) >= 11 is 5.89. The molecule has 0 aliphatic heterocycles. The number of amides is 1. The molecule has 122 valence electrons. The van der Waals surface area contributed by atoms with E-state index in [1.807, 2.05) is 0 Å². The Balaban J connectivity index is 2.17. The van der Waals surface area contributed by atoms with E-state index in [-0.39, 0.29) is 22.7 Å². The lowest BCUT2D eigenvalue weighted by Crippen LogP contribution is -2.26. The van der Waals surface area contributed by atoms with Gasteiger partial charge in [0, 0.05) is 29.7 Å². The number of hydrogen-bond donors (Lipinski definition) is 0. The van der Waals surface area contributed by atoms with Crippen molar-refractivity contribution in [1.29, 1.82) is 0 Å². The molecule has 7 heteroatoms. The van der Waals surface area contributed by atoms with E-state index in [0.29, 0.717) is 0 Å². The Labute approximate surface area is 135 Å². The number of halogens is 5. The van der Waals surface area contributed by atoms with Gasteiger partial charge in [0.15, 0.2) is 0 Å². The molecule has 0 saturated heterocycles. The molecule has 0 radical (unpaired) electrons. The fourth-order valence-corrected chi connectivity index (χ4v) is 2.24. The van der Waals surface area contributed by atoms with Crippen molar-refractivity contribution in [3.63, 3.8) is 0 Å². The van der Waals surface area contributed by atoms with Gasteiger partial charge in [-0.2, -0.15) is 13.2 Å². The van der Waals surface area contributed by atoms with E-state index in [4.69, 9.17) is 11.6 Å². The van der Waals surface area contributed by atoms with Gasteiger partial charge in [-0.1, -0.05) is 17.7 Å². The minimum absolute atomic E-state index is 0.0768. The Kier molecular flexibility index (Phi) is 4.94. The van der Waals surface area contributed by atoms with Crippen molar-refractivity contribution in [2.75, 3.05) is 7.05 Å². The number of nitrogens with zero attached hydrogens (tertiary/aromatic N) is 1. The molecule has 2 rings (SSSR count). The second-order valence-corrected chi connectivity index (χ2v) is 5.34. The van der Waals surface area contributed by atoms with Crippen LogP contribution in [-0.4, -0.2) is 17.9 Å². The zero-order valence-corrected chi connectivity index (χ0v) is 12.7. The Morgan fingerprint density at radius 3 is 2.26 bits per heavy atom. The SMILES string of the molecule is CN(Cc1c(F)cccc1Cl)C(=O)c1ccc(C(F)(F)F)cc1. The van der Waals surface area contributed by atoms with E-state index >= 15 is 0 Å². The number of benzene rings is 2. The standard InChI is InChI=1S/C16H12ClF4NO/c1-22(9-12-13(17)3-2-4-14(12)18)15(23)10-5-7-11(8-6-10)16(19,20)21/h2-8H,9H2,1H3. The smallest absolute Gasteiger partial charge is 0.337 e. The first-order chi connectivity index (χ1) is 10.7. The lowest BCUT2D eigenvalue weighted by Gasteiger charge is -2.19. The molecule has 2 aromatic rings. The van der Waals surface area contributed by atoms with Crippen molar-refractivity contribution in [2.24, 2.45) is 0 Å². The number of carbonyl (C=O) groups excluding carboxylic acids is 1. The first kappa shape index (κ1) is 17.3. The molecule has 0 fully saturated rings. The highest BCUT2D eigenvalue weighted by atomic mass is 35.5. The van der Waals surface area contributed by atoms with Crippen molar-refractivity contribution in [3.05, 3.63) is 70.0 Å². The third-order valence-corrected chi connectivity index (χ3v) is 3.62. The van der Waals surface area contributed by atoms with Crippen LogP contribution in [0.5, 0.6) is 0 Å². The van der Waals surface area contributed by atoms with Crippen LogP contribution >= 0.6 is 11.6 Å². The Morgan fingerprint density at radius 2 is 1.74 bits per heavy atom. The van der Waals surface area contributed by atoms with E-state index in [1.54, 1.807) is 0 Å². The third-order valence-electron chi connectivity index (χ3n) is 3.26. The van der Waals surface area contributed by atoms with E-state index in [1.165, 1.54) is 30.1 Å². The van der Waals surface area contributed by atoms with E-state index in [9.17, 15) is 22.4 Å². The normalized spacial score (nSPS) is 11.4. The van der Waals surface area contributed by atoms with Gasteiger partial charge < -0.3 is 4.90 Å². The van der Waals surface area contributed by atoms with E-state index in [2.05, 4.69) is 0 Å². The predicted octanol–water partition coefficient (Wildman–Crippen LogP) is 4.77.